The number of benzene rings is 1. The molecule has 2 aromatic rings. The third kappa shape index (κ3) is 2.68. The van der Waals surface area contributed by atoms with Gasteiger partial charge in [0.2, 0.25) is 5.95 Å². The van der Waals surface area contributed by atoms with Crippen LogP contribution in [0.25, 0.3) is 0 Å². The fraction of sp³-hybridized carbons (Fsp3) is 0.524. The van der Waals surface area contributed by atoms with E-state index >= 15 is 0 Å². The molecule has 5 rings (SSSR count). The Kier molecular flexibility index (Phi) is 4.07. The van der Waals surface area contributed by atoms with E-state index in [1.165, 1.54) is 5.56 Å². The second-order valence-corrected chi connectivity index (χ2v) is 8.35. The first-order valence-corrected chi connectivity index (χ1v) is 10.0. The largest absolute Gasteiger partial charge is 0.385 e. The van der Waals surface area contributed by atoms with Gasteiger partial charge in [-0.15, -0.1) is 0 Å². The van der Waals surface area contributed by atoms with Crippen molar-refractivity contribution in [2.45, 2.75) is 49.5 Å². The van der Waals surface area contributed by atoms with Crippen LogP contribution in [-0.2, 0) is 15.8 Å². The summed E-state index contributed by atoms with van der Waals surface area (Å²) in [5, 5.41) is 11.1. The summed E-state index contributed by atoms with van der Waals surface area (Å²) < 4.78 is 20.2. The number of aromatic nitrogens is 2. The lowest BCUT2D eigenvalue weighted by molar-refractivity contribution is 0.0443. The molecule has 1 saturated heterocycles. The van der Waals surface area contributed by atoms with Crippen LogP contribution in [0.4, 0.5) is 21.8 Å². The number of nitrogen functional groups attached to an aromatic ring is 1. The second kappa shape index (κ2) is 6.39. The molecule has 2 fully saturated rings. The topological polar surface area (TPSA) is 84.5 Å². The predicted octanol–water partition coefficient (Wildman–Crippen LogP) is 3.16. The summed E-state index contributed by atoms with van der Waals surface area (Å²) in [5.74, 6) is -0.238. The highest BCUT2D eigenvalue weighted by atomic mass is 19.1. The smallest absolute Gasteiger partial charge is 0.222 e. The van der Waals surface area contributed by atoms with Crippen LogP contribution in [-0.4, -0.2) is 34.8 Å². The minimum absolute atomic E-state index is 0.0523. The van der Waals surface area contributed by atoms with E-state index in [1.54, 1.807) is 0 Å². The number of ether oxygens (including phenoxy) is 1. The van der Waals surface area contributed by atoms with E-state index in [1.807, 2.05) is 11.0 Å². The summed E-state index contributed by atoms with van der Waals surface area (Å²) in [6.45, 7) is 2.00. The molecule has 0 amide bonds. The van der Waals surface area contributed by atoms with Crippen LogP contribution >= 0.6 is 0 Å². The molecule has 0 unspecified atom stereocenters. The molecule has 3 aliphatic rings. The standard InChI is InChI=1S/C21H25FN4O2/c22-16-12-24-19(23)25-18(16)26-13-20(7-9-28-10-8-20)15-4-3-14(11-17(15)26)21(27)5-1-2-6-21/h3-4,11-12,27H,1-2,5-10,13H2,(H2,23,24,25). The van der Waals surface area contributed by atoms with Crippen LogP contribution in [0.5, 0.6) is 0 Å². The van der Waals surface area contributed by atoms with Gasteiger partial charge in [-0.3, -0.25) is 0 Å². The predicted molar refractivity (Wildman–Crippen MR) is 104 cm³/mol. The molecule has 1 aromatic heterocycles. The zero-order valence-electron chi connectivity index (χ0n) is 15.8. The highest BCUT2D eigenvalue weighted by Gasteiger charge is 2.46. The maximum absolute atomic E-state index is 14.7. The van der Waals surface area contributed by atoms with Gasteiger partial charge in [-0.1, -0.05) is 25.0 Å². The lowest BCUT2D eigenvalue weighted by Gasteiger charge is -2.34. The zero-order valence-corrected chi connectivity index (χ0v) is 15.8. The molecule has 0 atom stereocenters. The molecule has 0 radical (unpaired) electrons. The van der Waals surface area contributed by atoms with E-state index in [-0.39, 0.29) is 17.2 Å². The molecule has 3 heterocycles. The van der Waals surface area contributed by atoms with Crippen molar-refractivity contribution in [2.24, 2.45) is 0 Å². The molecule has 2 aliphatic heterocycles. The second-order valence-electron chi connectivity index (χ2n) is 8.35. The number of hydrogen-bond donors (Lipinski definition) is 2. The third-order valence-electron chi connectivity index (χ3n) is 6.74. The first kappa shape index (κ1) is 17.8. The van der Waals surface area contributed by atoms with Crippen molar-refractivity contribution in [3.05, 3.63) is 41.3 Å². The lowest BCUT2D eigenvalue weighted by atomic mass is 9.75. The quantitative estimate of drug-likeness (QED) is 0.827. The molecular weight excluding hydrogens is 359 g/mol. The van der Waals surface area contributed by atoms with E-state index in [4.69, 9.17) is 10.5 Å². The Balaban J connectivity index is 1.65. The van der Waals surface area contributed by atoms with Crippen molar-refractivity contribution in [1.82, 2.24) is 9.97 Å². The van der Waals surface area contributed by atoms with E-state index in [2.05, 4.69) is 22.1 Å². The Labute approximate surface area is 163 Å². The molecule has 0 bridgehead atoms. The van der Waals surface area contributed by atoms with Gasteiger partial charge >= 0.3 is 0 Å². The maximum Gasteiger partial charge on any atom is 0.222 e. The van der Waals surface area contributed by atoms with Crippen molar-refractivity contribution in [3.63, 3.8) is 0 Å². The Morgan fingerprint density at radius 3 is 2.64 bits per heavy atom. The molecule has 7 heteroatoms. The summed E-state index contributed by atoms with van der Waals surface area (Å²) in [4.78, 5) is 9.88. The van der Waals surface area contributed by atoms with Crippen LogP contribution < -0.4 is 10.6 Å². The number of nitrogens with two attached hydrogens (primary N) is 1. The number of rotatable bonds is 2. The Morgan fingerprint density at radius 2 is 1.89 bits per heavy atom. The number of hydrogen-bond acceptors (Lipinski definition) is 6. The van der Waals surface area contributed by atoms with Crippen molar-refractivity contribution in [3.8, 4) is 0 Å². The summed E-state index contributed by atoms with van der Waals surface area (Å²) in [6, 6.07) is 6.20. The highest BCUT2D eigenvalue weighted by molar-refractivity contribution is 5.72. The molecule has 1 saturated carbocycles. The van der Waals surface area contributed by atoms with Gasteiger partial charge in [-0.2, -0.15) is 4.98 Å². The summed E-state index contributed by atoms with van der Waals surface area (Å²) in [5.41, 5.74) is 7.86. The summed E-state index contributed by atoms with van der Waals surface area (Å²) >= 11 is 0. The monoisotopic (exact) mass is 384 g/mol. The molecule has 148 valence electrons. The number of anilines is 3. The van der Waals surface area contributed by atoms with Gasteiger partial charge in [-0.05, 0) is 42.9 Å². The molecular formula is C21H25FN4O2. The van der Waals surface area contributed by atoms with Crippen molar-refractivity contribution in [2.75, 3.05) is 30.4 Å². The van der Waals surface area contributed by atoms with Crippen molar-refractivity contribution >= 4 is 17.5 Å². The van der Waals surface area contributed by atoms with Crippen LogP contribution in [0.2, 0.25) is 0 Å². The fourth-order valence-electron chi connectivity index (χ4n) is 5.15. The number of nitrogens with zero attached hydrogens (tertiary/aromatic N) is 3. The number of aliphatic hydroxyl groups is 1. The average molecular weight is 384 g/mol. The van der Waals surface area contributed by atoms with E-state index in [9.17, 15) is 9.50 Å². The summed E-state index contributed by atoms with van der Waals surface area (Å²) in [7, 11) is 0. The van der Waals surface area contributed by atoms with Gasteiger partial charge in [0.25, 0.3) is 0 Å². The van der Waals surface area contributed by atoms with Gasteiger partial charge in [0.15, 0.2) is 11.6 Å². The van der Waals surface area contributed by atoms with Gasteiger partial charge in [0, 0.05) is 30.9 Å². The fourth-order valence-corrected chi connectivity index (χ4v) is 5.15. The Hall–Kier alpha value is -2.25. The van der Waals surface area contributed by atoms with Gasteiger partial charge in [0.05, 0.1) is 11.8 Å². The van der Waals surface area contributed by atoms with Crippen LogP contribution in [0.3, 0.4) is 0 Å². The normalized spacial score (nSPS) is 22.6. The SMILES string of the molecule is Nc1ncc(F)c(N2CC3(CCOCC3)c3ccc(C4(O)CCCC4)cc32)n1. The van der Waals surface area contributed by atoms with Crippen LogP contribution in [0.1, 0.15) is 49.7 Å². The Morgan fingerprint density at radius 1 is 1.14 bits per heavy atom. The molecule has 1 spiro atoms. The minimum atomic E-state index is -0.796. The number of halogens is 1. The first-order chi connectivity index (χ1) is 13.5. The molecule has 1 aromatic carbocycles. The Bertz CT molecular complexity index is 907. The first-order valence-electron chi connectivity index (χ1n) is 10.0. The molecule has 3 N–H and O–H groups in total. The maximum atomic E-state index is 14.7. The average Bonchev–Trinajstić information content (AvgIpc) is 3.28. The zero-order chi connectivity index (χ0) is 19.4. The van der Waals surface area contributed by atoms with E-state index in [0.29, 0.717) is 19.8 Å². The van der Waals surface area contributed by atoms with Crippen LogP contribution in [0.15, 0.2) is 24.4 Å². The highest BCUT2D eigenvalue weighted by Crippen LogP contribution is 2.51. The van der Waals surface area contributed by atoms with Gasteiger partial charge < -0.3 is 20.5 Å². The van der Waals surface area contributed by atoms with Gasteiger partial charge in [0.1, 0.15) is 0 Å². The lowest BCUT2D eigenvalue weighted by Crippen LogP contribution is -2.37. The van der Waals surface area contributed by atoms with E-state index in [0.717, 1.165) is 56.0 Å². The van der Waals surface area contributed by atoms with Gasteiger partial charge in [-0.25, -0.2) is 9.37 Å². The summed E-state index contributed by atoms with van der Waals surface area (Å²) in [6.07, 6.45) is 6.45. The third-order valence-corrected chi connectivity index (χ3v) is 6.74. The minimum Gasteiger partial charge on any atom is -0.385 e. The molecule has 6 nitrogen and oxygen atoms in total. The molecule has 1 aliphatic carbocycles. The van der Waals surface area contributed by atoms with E-state index < -0.39 is 11.4 Å². The van der Waals surface area contributed by atoms with Crippen molar-refractivity contribution in [1.29, 1.82) is 0 Å². The van der Waals surface area contributed by atoms with Crippen LogP contribution in [0, 0.1) is 5.82 Å². The van der Waals surface area contributed by atoms with Crippen molar-refractivity contribution < 1.29 is 14.2 Å². The number of fused-ring (bicyclic) bond motifs is 2. The molecule has 28 heavy (non-hydrogen) atoms.